The maximum atomic E-state index is 12.6. The van der Waals surface area contributed by atoms with Gasteiger partial charge >= 0.3 is 11.9 Å². The van der Waals surface area contributed by atoms with Crippen molar-refractivity contribution in [3.8, 4) is 0 Å². The van der Waals surface area contributed by atoms with Crippen molar-refractivity contribution in [1.29, 1.82) is 0 Å². The van der Waals surface area contributed by atoms with Crippen LogP contribution in [0.4, 0.5) is 0 Å². The zero-order valence-corrected chi connectivity index (χ0v) is 18.5. The van der Waals surface area contributed by atoms with E-state index in [1.807, 2.05) is 52.0 Å². The lowest BCUT2D eigenvalue weighted by atomic mass is 9.81. The van der Waals surface area contributed by atoms with Gasteiger partial charge in [-0.15, -0.1) is 0 Å². The van der Waals surface area contributed by atoms with Crippen molar-refractivity contribution in [2.24, 2.45) is 11.8 Å². The quantitative estimate of drug-likeness (QED) is 0.591. The van der Waals surface area contributed by atoms with Crippen LogP contribution < -0.4 is 0 Å². The lowest BCUT2D eigenvalue weighted by Crippen LogP contribution is -2.29. The van der Waals surface area contributed by atoms with E-state index >= 15 is 0 Å². The molecule has 1 aliphatic carbocycles. The number of aryl methyl sites for hydroxylation is 4. The van der Waals surface area contributed by atoms with E-state index in [0.717, 1.165) is 41.5 Å². The lowest BCUT2D eigenvalue weighted by molar-refractivity contribution is -0.156. The molecule has 0 N–H and O–H groups in total. The van der Waals surface area contributed by atoms with E-state index in [2.05, 4.69) is 12.1 Å². The molecule has 0 bridgehead atoms. The third-order valence-corrected chi connectivity index (χ3v) is 6.08. The molecule has 1 aliphatic rings. The Labute approximate surface area is 179 Å². The van der Waals surface area contributed by atoms with Crippen LogP contribution in [0.3, 0.4) is 0 Å². The minimum Gasteiger partial charge on any atom is -0.461 e. The summed E-state index contributed by atoms with van der Waals surface area (Å²) in [4.78, 5) is 25.2. The summed E-state index contributed by atoms with van der Waals surface area (Å²) >= 11 is 0. The van der Waals surface area contributed by atoms with Crippen LogP contribution >= 0.6 is 0 Å². The summed E-state index contributed by atoms with van der Waals surface area (Å²) in [6.07, 6.45) is 2.89. The molecule has 0 aromatic heterocycles. The van der Waals surface area contributed by atoms with Crippen LogP contribution in [-0.2, 0) is 32.3 Å². The summed E-state index contributed by atoms with van der Waals surface area (Å²) in [5.41, 5.74) is 6.68. The van der Waals surface area contributed by atoms with Gasteiger partial charge in [0.2, 0.25) is 0 Å². The number of carbonyl (C=O) groups is 2. The number of carbonyl (C=O) groups excluding carboxylic acids is 2. The van der Waals surface area contributed by atoms with E-state index in [0.29, 0.717) is 6.42 Å². The number of esters is 2. The topological polar surface area (TPSA) is 52.6 Å². The summed E-state index contributed by atoms with van der Waals surface area (Å²) in [5, 5.41) is 0. The highest BCUT2D eigenvalue weighted by Gasteiger charge is 2.33. The molecule has 0 aliphatic heterocycles. The standard InChI is InChI=1S/C26H32O4/c1-17-8-10-23(19(3)12-17)15-29-25(27)21-6-5-7-22(14-21)26(28)30-16-24-11-9-18(2)13-20(24)4/h8-13,21-22H,5-7,14-16H2,1-4H3. The lowest BCUT2D eigenvalue weighted by Gasteiger charge is -2.26. The van der Waals surface area contributed by atoms with Crippen molar-refractivity contribution < 1.29 is 19.1 Å². The van der Waals surface area contributed by atoms with E-state index in [-0.39, 0.29) is 37.0 Å². The highest BCUT2D eigenvalue weighted by Crippen LogP contribution is 2.31. The Morgan fingerprint density at radius 2 is 1.20 bits per heavy atom. The minimum absolute atomic E-state index is 0.207. The average Bonchev–Trinajstić information content (AvgIpc) is 2.72. The molecule has 4 heteroatoms. The van der Waals surface area contributed by atoms with Crippen LogP contribution in [0.2, 0.25) is 0 Å². The molecule has 2 atom stereocenters. The zero-order chi connectivity index (χ0) is 21.7. The molecule has 4 nitrogen and oxygen atoms in total. The number of rotatable bonds is 6. The summed E-state index contributed by atoms with van der Waals surface area (Å²) in [5.74, 6) is -0.880. The van der Waals surface area contributed by atoms with Gasteiger partial charge in [-0.25, -0.2) is 0 Å². The van der Waals surface area contributed by atoms with Crippen molar-refractivity contribution in [3.63, 3.8) is 0 Å². The molecule has 0 radical (unpaired) electrons. The smallest absolute Gasteiger partial charge is 0.309 e. The first-order valence-corrected chi connectivity index (χ1v) is 10.8. The third kappa shape index (κ3) is 5.71. The Morgan fingerprint density at radius 1 is 0.767 bits per heavy atom. The normalized spacial score (nSPS) is 18.7. The SMILES string of the molecule is Cc1ccc(COC(=O)C2CCCC(C(=O)OCc3ccc(C)cc3C)C2)c(C)c1. The molecular formula is C26H32O4. The monoisotopic (exact) mass is 408 g/mol. The maximum absolute atomic E-state index is 12.6. The van der Waals surface area contributed by atoms with Gasteiger partial charge in [-0.1, -0.05) is 53.9 Å². The number of hydrogen-bond donors (Lipinski definition) is 0. The Hall–Kier alpha value is -2.62. The van der Waals surface area contributed by atoms with E-state index in [1.54, 1.807) is 0 Å². The summed E-state index contributed by atoms with van der Waals surface area (Å²) < 4.78 is 11.2. The Morgan fingerprint density at radius 3 is 1.60 bits per heavy atom. The third-order valence-electron chi connectivity index (χ3n) is 6.08. The van der Waals surface area contributed by atoms with Crippen molar-refractivity contribution in [3.05, 3.63) is 69.8 Å². The first-order valence-electron chi connectivity index (χ1n) is 10.8. The average molecular weight is 409 g/mol. The summed E-state index contributed by atoms with van der Waals surface area (Å²) in [6.45, 7) is 8.71. The highest BCUT2D eigenvalue weighted by atomic mass is 16.5. The summed E-state index contributed by atoms with van der Waals surface area (Å²) in [7, 11) is 0. The van der Waals surface area contributed by atoms with Crippen molar-refractivity contribution in [1.82, 2.24) is 0 Å². The summed E-state index contributed by atoms with van der Waals surface area (Å²) in [6, 6.07) is 12.2. The Kier molecular flexibility index (Phi) is 7.30. The molecule has 0 amide bonds. The van der Waals surface area contributed by atoms with E-state index in [1.165, 1.54) is 11.1 Å². The molecule has 160 valence electrons. The fraction of sp³-hybridized carbons (Fsp3) is 0.462. The molecule has 2 aromatic carbocycles. The first kappa shape index (κ1) is 22.1. The molecule has 2 aromatic rings. The van der Waals surface area contributed by atoms with Gasteiger partial charge in [0, 0.05) is 0 Å². The van der Waals surface area contributed by atoms with E-state index in [9.17, 15) is 9.59 Å². The fourth-order valence-electron chi connectivity index (χ4n) is 4.17. The molecule has 0 saturated heterocycles. The molecule has 1 saturated carbocycles. The van der Waals surface area contributed by atoms with Gasteiger partial charge in [0.1, 0.15) is 13.2 Å². The van der Waals surface area contributed by atoms with Crippen LogP contribution in [0.25, 0.3) is 0 Å². The fourth-order valence-corrected chi connectivity index (χ4v) is 4.17. The second kappa shape index (κ2) is 9.92. The van der Waals surface area contributed by atoms with Gasteiger partial charge in [0.15, 0.2) is 0 Å². The number of ether oxygens (including phenoxy) is 2. The van der Waals surface area contributed by atoms with E-state index in [4.69, 9.17) is 9.47 Å². The molecule has 0 spiro atoms. The van der Waals surface area contributed by atoms with E-state index < -0.39 is 0 Å². The van der Waals surface area contributed by atoms with Gasteiger partial charge in [-0.3, -0.25) is 9.59 Å². The van der Waals surface area contributed by atoms with Crippen molar-refractivity contribution in [2.45, 2.75) is 66.6 Å². The first-order chi connectivity index (χ1) is 14.3. The van der Waals surface area contributed by atoms with Crippen LogP contribution in [0.5, 0.6) is 0 Å². The maximum Gasteiger partial charge on any atom is 0.309 e. The molecule has 1 fully saturated rings. The van der Waals surface area contributed by atoms with Gasteiger partial charge < -0.3 is 9.47 Å². The molecular weight excluding hydrogens is 376 g/mol. The minimum atomic E-state index is -0.233. The van der Waals surface area contributed by atoms with Gasteiger partial charge in [-0.2, -0.15) is 0 Å². The number of hydrogen-bond acceptors (Lipinski definition) is 4. The van der Waals surface area contributed by atoms with Crippen LogP contribution in [0.15, 0.2) is 36.4 Å². The van der Waals surface area contributed by atoms with Gasteiger partial charge in [0.25, 0.3) is 0 Å². The van der Waals surface area contributed by atoms with Crippen LogP contribution in [0, 0.1) is 39.5 Å². The number of benzene rings is 2. The Bertz CT molecular complexity index is 842. The predicted octanol–water partition coefficient (Wildman–Crippen LogP) is 5.51. The second-order valence-electron chi connectivity index (χ2n) is 8.64. The van der Waals surface area contributed by atoms with Gasteiger partial charge in [-0.05, 0) is 69.2 Å². The van der Waals surface area contributed by atoms with Gasteiger partial charge in [0.05, 0.1) is 11.8 Å². The highest BCUT2D eigenvalue weighted by molar-refractivity contribution is 5.76. The van der Waals surface area contributed by atoms with Crippen LogP contribution in [0.1, 0.15) is 59.1 Å². The molecule has 3 rings (SSSR count). The predicted molar refractivity (Wildman–Crippen MR) is 117 cm³/mol. The second-order valence-corrected chi connectivity index (χ2v) is 8.64. The molecule has 30 heavy (non-hydrogen) atoms. The zero-order valence-electron chi connectivity index (χ0n) is 18.5. The van der Waals surface area contributed by atoms with Crippen molar-refractivity contribution >= 4 is 11.9 Å². The Balaban J connectivity index is 1.51. The largest absolute Gasteiger partial charge is 0.461 e. The molecule has 2 unspecified atom stereocenters. The molecule has 0 heterocycles. The van der Waals surface area contributed by atoms with Crippen molar-refractivity contribution in [2.75, 3.05) is 0 Å². The van der Waals surface area contributed by atoms with Crippen LogP contribution in [-0.4, -0.2) is 11.9 Å².